The number of urea groups is 1. The number of hydrogen-bond acceptors (Lipinski definition) is 8. The Morgan fingerprint density at radius 1 is 1.18 bits per heavy atom. The van der Waals surface area contributed by atoms with Crippen LogP contribution in [0.25, 0.3) is 0 Å². The van der Waals surface area contributed by atoms with E-state index in [1.54, 1.807) is 41.4 Å². The molecule has 1 fully saturated rings. The molecule has 0 radical (unpaired) electrons. The van der Waals surface area contributed by atoms with E-state index >= 15 is 0 Å². The molecular weight excluding hydrogens is 532 g/mol. The maximum Gasteiger partial charge on any atom is 0.319 e. The number of nitrogens with one attached hydrogen (secondary N) is 4. The number of nitrogens with zero attached hydrogens (tertiary/aromatic N) is 6. The van der Waals surface area contributed by atoms with Gasteiger partial charge in [0, 0.05) is 67.8 Å². The summed E-state index contributed by atoms with van der Waals surface area (Å²) in [4.78, 5) is 40.7. The van der Waals surface area contributed by atoms with Gasteiger partial charge in [-0.2, -0.15) is 10.1 Å². The van der Waals surface area contributed by atoms with Crippen LogP contribution in [0.15, 0.2) is 53.7 Å². The minimum atomic E-state index is -0.308. The molecule has 3 aliphatic rings. The second-order valence-electron chi connectivity index (χ2n) is 10.2. The number of fused-ring (bicyclic) bond motifs is 6. The molecule has 6 bridgehead atoms. The van der Waals surface area contributed by atoms with Crippen molar-refractivity contribution in [2.45, 2.75) is 31.7 Å². The fourth-order valence-electron chi connectivity index (χ4n) is 5.16. The predicted octanol–water partition coefficient (Wildman–Crippen LogP) is 3.93. The zero-order valence-corrected chi connectivity index (χ0v) is 22.6. The summed E-state index contributed by atoms with van der Waals surface area (Å²) in [6.07, 6.45) is 11.6. The SMILES string of the molecule is Cn1cc(C(=O)N2CC[C@H](NC(=O)Nc3ccc4cc3CCC3C=NC=C(C3)Nc3ncc(Cl)c(n3)N4)C2)cn1. The Morgan fingerprint density at radius 2 is 2.08 bits per heavy atom. The third-order valence-corrected chi connectivity index (χ3v) is 7.47. The summed E-state index contributed by atoms with van der Waals surface area (Å²) in [6, 6.07) is 5.30. The molecule has 13 heteroatoms. The maximum atomic E-state index is 13.0. The average Bonchev–Trinajstić information content (AvgIpc) is 3.59. The van der Waals surface area contributed by atoms with Crippen LogP contribution in [0.3, 0.4) is 0 Å². The number of halogens is 1. The van der Waals surface area contributed by atoms with E-state index in [0.717, 1.165) is 41.9 Å². The van der Waals surface area contributed by atoms with E-state index in [4.69, 9.17) is 11.6 Å². The van der Waals surface area contributed by atoms with E-state index in [0.29, 0.717) is 41.9 Å². The van der Waals surface area contributed by atoms with Crippen molar-refractivity contribution in [1.29, 1.82) is 0 Å². The fraction of sp³-hybridized carbons (Fsp3) is 0.333. The number of benzene rings is 1. The molecule has 6 rings (SSSR count). The molecule has 0 spiro atoms. The molecular formula is C27H29ClN10O2. The lowest BCUT2D eigenvalue weighted by molar-refractivity contribution is 0.0789. The molecule has 2 aromatic heterocycles. The number of aryl methyl sites for hydroxylation is 2. The van der Waals surface area contributed by atoms with Gasteiger partial charge in [-0.25, -0.2) is 9.78 Å². The van der Waals surface area contributed by atoms with Crippen LogP contribution in [0.2, 0.25) is 5.02 Å². The van der Waals surface area contributed by atoms with Crippen LogP contribution in [-0.2, 0) is 13.5 Å². The molecule has 1 aromatic carbocycles. The molecule has 3 aromatic rings. The van der Waals surface area contributed by atoms with Crippen LogP contribution in [-0.4, -0.2) is 61.9 Å². The Morgan fingerprint density at radius 3 is 2.92 bits per heavy atom. The largest absolute Gasteiger partial charge is 0.339 e. The molecule has 206 valence electrons. The molecule has 0 aliphatic carbocycles. The average molecular weight is 561 g/mol. The summed E-state index contributed by atoms with van der Waals surface area (Å²) in [5.74, 6) is 1.06. The molecule has 5 heterocycles. The lowest BCUT2D eigenvalue weighted by Gasteiger charge is -2.20. The van der Waals surface area contributed by atoms with E-state index in [1.165, 1.54) is 0 Å². The van der Waals surface area contributed by atoms with Gasteiger partial charge in [0.1, 0.15) is 5.02 Å². The van der Waals surface area contributed by atoms with Crippen molar-refractivity contribution in [3.8, 4) is 0 Å². The lowest BCUT2D eigenvalue weighted by atomic mass is 9.94. The van der Waals surface area contributed by atoms with Gasteiger partial charge in [-0.15, -0.1) is 0 Å². The highest BCUT2D eigenvalue weighted by Gasteiger charge is 2.29. The number of likely N-dealkylation sites (tertiary alicyclic amines) is 1. The second-order valence-corrected chi connectivity index (χ2v) is 10.6. The van der Waals surface area contributed by atoms with Crippen molar-refractivity contribution < 1.29 is 9.59 Å². The van der Waals surface area contributed by atoms with Gasteiger partial charge in [0.25, 0.3) is 5.91 Å². The maximum absolute atomic E-state index is 13.0. The van der Waals surface area contributed by atoms with Gasteiger partial charge < -0.3 is 26.2 Å². The van der Waals surface area contributed by atoms with Gasteiger partial charge in [0.15, 0.2) is 5.82 Å². The van der Waals surface area contributed by atoms with Crippen LogP contribution in [0.5, 0.6) is 0 Å². The molecule has 4 N–H and O–H groups in total. The first-order valence-electron chi connectivity index (χ1n) is 13.2. The minimum absolute atomic E-state index is 0.0810. The van der Waals surface area contributed by atoms with Gasteiger partial charge in [-0.1, -0.05) is 11.6 Å². The number of allylic oxidation sites excluding steroid dienone is 1. The topological polar surface area (TPSA) is 141 Å². The number of rotatable bonds is 3. The molecule has 2 atom stereocenters. The van der Waals surface area contributed by atoms with Crippen molar-refractivity contribution in [3.63, 3.8) is 0 Å². The molecule has 12 nitrogen and oxygen atoms in total. The number of amides is 3. The van der Waals surface area contributed by atoms with E-state index in [1.807, 2.05) is 24.4 Å². The number of aromatic nitrogens is 4. The summed E-state index contributed by atoms with van der Waals surface area (Å²) in [6.45, 7) is 1.02. The van der Waals surface area contributed by atoms with Crippen molar-refractivity contribution in [1.82, 2.24) is 30.0 Å². The van der Waals surface area contributed by atoms with E-state index in [2.05, 4.69) is 41.3 Å². The molecule has 3 amide bonds. The first-order valence-corrected chi connectivity index (χ1v) is 13.5. The number of aliphatic imine (C=N–C) groups is 1. The highest BCUT2D eigenvalue weighted by molar-refractivity contribution is 6.32. The second kappa shape index (κ2) is 11.0. The Kier molecular flexibility index (Phi) is 7.08. The summed E-state index contributed by atoms with van der Waals surface area (Å²) in [5, 5.41) is 17.0. The lowest BCUT2D eigenvalue weighted by Crippen LogP contribution is -2.40. The Labute approximate surface area is 235 Å². The van der Waals surface area contributed by atoms with Crippen molar-refractivity contribution in [3.05, 3.63) is 64.8 Å². The molecule has 40 heavy (non-hydrogen) atoms. The number of carbonyl (C=O) groups excluding carboxylic acids is 2. The third-order valence-electron chi connectivity index (χ3n) is 7.19. The van der Waals surface area contributed by atoms with Crippen molar-refractivity contribution >= 4 is 52.9 Å². The summed E-state index contributed by atoms with van der Waals surface area (Å²) >= 11 is 6.37. The number of anilines is 4. The number of carbonyl (C=O) groups is 2. The van der Waals surface area contributed by atoms with Crippen molar-refractivity contribution in [2.24, 2.45) is 18.0 Å². The first kappa shape index (κ1) is 25.8. The normalized spacial score (nSPS) is 19.8. The fourth-order valence-corrected chi connectivity index (χ4v) is 5.30. The van der Waals surface area contributed by atoms with E-state index in [9.17, 15) is 9.59 Å². The summed E-state index contributed by atoms with van der Waals surface area (Å²) in [5.41, 5.74) is 3.96. The van der Waals surface area contributed by atoms with Gasteiger partial charge in [0.05, 0.1) is 18.0 Å². The molecule has 1 unspecified atom stereocenters. The summed E-state index contributed by atoms with van der Waals surface area (Å²) < 4.78 is 1.60. The molecule has 3 aliphatic heterocycles. The Hall–Kier alpha value is -4.45. The highest BCUT2D eigenvalue weighted by Crippen LogP contribution is 2.30. The van der Waals surface area contributed by atoms with Gasteiger partial charge in [0.2, 0.25) is 5.95 Å². The van der Waals surface area contributed by atoms with Gasteiger partial charge in [-0.3, -0.25) is 14.5 Å². The first-order chi connectivity index (χ1) is 19.4. The smallest absolute Gasteiger partial charge is 0.319 e. The molecule has 0 saturated carbocycles. The zero-order valence-electron chi connectivity index (χ0n) is 21.9. The van der Waals surface area contributed by atoms with Gasteiger partial charge >= 0.3 is 6.03 Å². The minimum Gasteiger partial charge on any atom is -0.339 e. The van der Waals surface area contributed by atoms with Crippen LogP contribution < -0.4 is 21.3 Å². The van der Waals surface area contributed by atoms with E-state index in [-0.39, 0.29) is 23.9 Å². The summed E-state index contributed by atoms with van der Waals surface area (Å²) in [7, 11) is 1.78. The standard InChI is InChI=1S/C27H29ClN10O2/c1-37-14-18(11-31-37)25(39)38-7-6-20(15-38)34-27(40)35-23-5-4-19-9-17(23)3-2-16-8-21(12-29-10-16)33-26-30-13-22(28)24(32-19)36-26/h4-5,9-14,16,20H,2-3,6-8,15H2,1H3,(H2,34,35,40)(H2,30,32,33,36)/t16?,20-/m0/s1. The van der Waals surface area contributed by atoms with Crippen LogP contribution in [0, 0.1) is 5.92 Å². The van der Waals surface area contributed by atoms with Gasteiger partial charge in [-0.05, 0) is 49.4 Å². The van der Waals surface area contributed by atoms with Crippen LogP contribution >= 0.6 is 11.6 Å². The zero-order chi connectivity index (χ0) is 27.6. The predicted molar refractivity (Wildman–Crippen MR) is 153 cm³/mol. The van der Waals surface area contributed by atoms with E-state index < -0.39 is 0 Å². The quantitative estimate of drug-likeness (QED) is 0.380. The Balaban J connectivity index is 1.16. The van der Waals surface area contributed by atoms with Crippen molar-refractivity contribution in [2.75, 3.05) is 29.0 Å². The monoisotopic (exact) mass is 560 g/mol. The highest BCUT2D eigenvalue weighted by atomic mass is 35.5. The number of hydrogen-bond donors (Lipinski definition) is 4. The third kappa shape index (κ3) is 5.76. The molecule has 1 saturated heterocycles. The van der Waals surface area contributed by atoms with Crippen LogP contribution in [0.4, 0.5) is 27.9 Å². The Bertz CT molecular complexity index is 1520. The van der Waals surface area contributed by atoms with Crippen LogP contribution in [0.1, 0.15) is 35.2 Å².